The number of thiocarbonyl (C=S) groups is 1. The number of ether oxygens (including phenoxy) is 3. The summed E-state index contributed by atoms with van der Waals surface area (Å²) in [5.74, 6) is -0.711. The Hall–Kier alpha value is -3.07. The number of phosphoric acid groups is 1. The normalized spacial score (nSPS) is 19.4. The van der Waals surface area contributed by atoms with E-state index in [4.69, 9.17) is 35.5 Å². The molecule has 0 bridgehead atoms. The lowest BCUT2D eigenvalue weighted by atomic mass is 9.94. The van der Waals surface area contributed by atoms with Gasteiger partial charge >= 0.3 is 19.7 Å². The first kappa shape index (κ1) is 44.3. The van der Waals surface area contributed by atoms with Crippen molar-refractivity contribution in [3.05, 3.63) is 69.0 Å². The van der Waals surface area contributed by atoms with E-state index in [1.807, 2.05) is 6.07 Å². The molecule has 5 atom stereocenters. The van der Waals surface area contributed by atoms with Crippen LogP contribution in [-0.2, 0) is 34.4 Å². The quantitative estimate of drug-likeness (QED) is 0.0337. The molecule has 1 fully saturated rings. The monoisotopic (exact) mass is 782 g/mol. The van der Waals surface area contributed by atoms with Crippen LogP contribution in [0.1, 0.15) is 115 Å². The van der Waals surface area contributed by atoms with Gasteiger partial charge in [-0.2, -0.15) is 0 Å². The van der Waals surface area contributed by atoms with Crippen molar-refractivity contribution >= 4 is 31.3 Å². The van der Waals surface area contributed by atoms with Crippen LogP contribution in [0.3, 0.4) is 0 Å². The van der Waals surface area contributed by atoms with Crippen LogP contribution < -0.4 is 21.9 Å². The zero-order valence-electron chi connectivity index (χ0n) is 31.2. The first-order valence-corrected chi connectivity index (χ1v) is 20.9. The van der Waals surface area contributed by atoms with Gasteiger partial charge in [-0.3, -0.25) is 23.4 Å². The molecule has 2 unspecified atom stereocenters. The molecule has 2 aromatic rings. The van der Waals surface area contributed by atoms with Crippen molar-refractivity contribution in [2.45, 2.75) is 128 Å². The Bertz CT molecular complexity index is 1510. The highest BCUT2D eigenvalue weighted by molar-refractivity contribution is 7.80. The molecule has 0 spiro atoms. The molecule has 16 heteroatoms. The summed E-state index contributed by atoms with van der Waals surface area (Å²) in [5, 5.41) is 6.95. The van der Waals surface area contributed by atoms with Crippen molar-refractivity contribution in [3.8, 4) is 0 Å². The Morgan fingerprint density at radius 1 is 0.906 bits per heavy atom. The third-order valence-corrected chi connectivity index (χ3v) is 10.5. The van der Waals surface area contributed by atoms with Gasteiger partial charge in [-0.05, 0) is 37.0 Å². The van der Waals surface area contributed by atoms with Crippen LogP contribution in [0.4, 0.5) is 4.79 Å². The van der Waals surface area contributed by atoms with Crippen LogP contribution >= 0.6 is 20.0 Å². The molecule has 4 N–H and O–H groups in total. The van der Waals surface area contributed by atoms with E-state index >= 15 is 0 Å². The molecule has 1 aliphatic heterocycles. The Morgan fingerprint density at radius 2 is 1.51 bits per heavy atom. The summed E-state index contributed by atoms with van der Waals surface area (Å²) < 4.78 is 40.7. The summed E-state index contributed by atoms with van der Waals surface area (Å²) >= 11 is 5.47. The first-order chi connectivity index (χ1) is 25.6. The Labute approximate surface area is 318 Å². The lowest BCUT2D eigenvalue weighted by Gasteiger charge is -2.26. The van der Waals surface area contributed by atoms with E-state index in [0.717, 1.165) is 38.1 Å². The van der Waals surface area contributed by atoms with Crippen molar-refractivity contribution in [1.82, 2.24) is 20.2 Å². The van der Waals surface area contributed by atoms with E-state index in [0.29, 0.717) is 24.5 Å². The van der Waals surface area contributed by atoms with Gasteiger partial charge in [-0.25, -0.2) is 14.2 Å². The summed E-state index contributed by atoms with van der Waals surface area (Å²) in [7, 11) is -3.54. The van der Waals surface area contributed by atoms with Crippen molar-refractivity contribution < 1.29 is 37.5 Å². The molecule has 1 aromatic carbocycles. The summed E-state index contributed by atoms with van der Waals surface area (Å²) in [6.45, 7) is 3.03. The predicted octanol–water partition coefficient (Wildman–Crippen LogP) is 6.87. The predicted molar refractivity (Wildman–Crippen MR) is 207 cm³/mol. The second kappa shape index (κ2) is 25.1. The molecule has 298 valence electrons. The fraction of sp³-hybridized carbons (Fsp3) is 0.676. The standard InChI is InChI=1S/C37H59N4O10PS/c1-3-4-5-6-7-8-9-10-11-12-13-14-18-24-38-35(53)39-25-19-22-30-33(51-52(45,46)47-2)31(50-34(30)41-26-23-32(42)40-36(41)43)28-49-37(44)48-27-29-20-16-15-17-21-29/h15-17,20-21,23,26,30-31,33-34H,3-14,18-19,22,24-25,27-28H2,1-2H3,(H,45,46)(H2,38,39,53)(H,40,42,43)/t30-,31+,33?,34+/m0/s1. The highest BCUT2D eigenvalue weighted by Gasteiger charge is 2.49. The van der Waals surface area contributed by atoms with Crippen LogP contribution in [0.15, 0.2) is 52.2 Å². The fourth-order valence-corrected chi connectivity index (χ4v) is 7.22. The number of unbranched alkanes of at least 4 members (excludes halogenated alkanes) is 12. The average Bonchev–Trinajstić information content (AvgIpc) is 3.47. The zero-order chi connectivity index (χ0) is 38.3. The van der Waals surface area contributed by atoms with Crippen LogP contribution in [0.2, 0.25) is 0 Å². The molecule has 1 aromatic heterocycles. The van der Waals surface area contributed by atoms with E-state index in [2.05, 4.69) is 22.5 Å². The second-order valence-electron chi connectivity index (χ2n) is 13.4. The number of aromatic nitrogens is 2. The van der Waals surface area contributed by atoms with E-state index in [9.17, 15) is 23.8 Å². The topological polar surface area (TPSA) is 179 Å². The van der Waals surface area contributed by atoms with E-state index in [-0.39, 0.29) is 6.61 Å². The Balaban J connectivity index is 1.47. The molecular weight excluding hydrogens is 723 g/mol. The molecule has 1 saturated heterocycles. The number of carbonyl (C=O) groups excluding carboxylic acids is 1. The van der Waals surface area contributed by atoms with Crippen LogP contribution in [0.25, 0.3) is 0 Å². The van der Waals surface area contributed by atoms with Gasteiger partial charge in [0.25, 0.3) is 5.56 Å². The molecule has 3 rings (SSSR count). The number of benzene rings is 1. The molecule has 0 amide bonds. The smallest absolute Gasteiger partial charge is 0.431 e. The molecule has 2 heterocycles. The lowest BCUT2D eigenvalue weighted by molar-refractivity contribution is -0.0607. The van der Waals surface area contributed by atoms with E-state index < -0.39 is 56.2 Å². The third-order valence-electron chi connectivity index (χ3n) is 9.21. The molecule has 53 heavy (non-hydrogen) atoms. The maximum Gasteiger partial charge on any atom is 0.508 e. The number of aromatic amines is 1. The minimum absolute atomic E-state index is 0.0260. The number of nitrogens with zero attached hydrogens (tertiary/aromatic N) is 1. The van der Waals surface area contributed by atoms with Crippen molar-refractivity contribution in [1.29, 1.82) is 0 Å². The third kappa shape index (κ3) is 17.3. The number of hydrogen-bond donors (Lipinski definition) is 4. The van der Waals surface area contributed by atoms with Gasteiger partial charge in [0.15, 0.2) is 5.11 Å². The van der Waals surface area contributed by atoms with Gasteiger partial charge in [-0.15, -0.1) is 0 Å². The second-order valence-corrected chi connectivity index (χ2v) is 15.3. The Kier molecular flexibility index (Phi) is 21.0. The molecule has 0 radical (unpaired) electrons. The van der Waals surface area contributed by atoms with Gasteiger partial charge in [0, 0.05) is 38.4 Å². The van der Waals surface area contributed by atoms with Gasteiger partial charge < -0.3 is 29.7 Å². The van der Waals surface area contributed by atoms with Crippen LogP contribution in [-0.4, -0.2) is 64.7 Å². The number of nitrogens with one attached hydrogen (secondary N) is 3. The van der Waals surface area contributed by atoms with Gasteiger partial charge in [0.1, 0.15) is 31.6 Å². The minimum Gasteiger partial charge on any atom is -0.431 e. The molecular formula is C37H59N4O10PS. The number of hydrogen-bond acceptors (Lipinski definition) is 10. The molecule has 1 aliphatic rings. The van der Waals surface area contributed by atoms with Crippen molar-refractivity contribution in [2.75, 3.05) is 26.8 Å². The summed E-state index contributed by atoms with van der Waals surface area (Å²) in [6.07, 6.45) is 14.6. The van der Waals surface area contributed by atoms with Crippen LogP contribution in [0, 0.1) is 5.92 Å². The molecule has 0 aliphatic carbocycles. The Morgan fingerprint density at radius 3 is 2.11 bits per heavy atom. The van der Waals surface area contributed by atoms with E-state index in [1.54, 1.807) is 24.3 Å². The molecule has 14 nitrogen and oxygen atoms in total. The number of H-pyrrole nitrogens is 1. The first-order valence-electron chi connectivity index (χ1n) is 19.0. The highest BCUT2D eigenvalue weighted by Crippen LogP contribution is 2.50. The summed E-state index contributed by atoms with van der Waals surface area (Å²) in [6, 6.07) is 10.2. The van der Waals surface area contributed by atoms with Gasteiger partial charge in [0.2, 0.25) is 0 Å². The van der Waals surface area contributed by atoms with Crippen molar-refractivity contribution in [2.24, 2.45) is 5.92 Å². The number of carbonyl (C=O) groups is 1. The summed E-state index contributed by atoms with van der Waals surface area (Å²) in [4.78, 5) is 49.6. The lowest BCUT2D eigenvalue weighted by Crippen LogP contribution is -2.38. The zero-order valence-corrected chi connectivity index (χ0v) is 32.9. The minimum atomic E-state index is -4.57. The molecule has 0 saturated carbocycles. The van der Waals surface area contributed by atoms with E-state index in [1.165, 1.54) is 81.4 Å². The average molecular weight is 783 g/mol. The van der Waals surface area contributed by atoms with Crippen molar-refractivity contribution in [3.63, 3.8) is 0 Å². The maximum atomic E-state index is 12.8. The number of rotatable bonds is 26. The van der Waals surface area contributed by atoms with Crippen LogP contribution in [0.5, 0.6) is 0 Å². The fourth-order valence-electron chi connectivity index (χ4n) is 6.33. The largest absolute Gasteiger partial charge is 0.508 e. The summed E-state index contributed by atoms with van der Waals surface area (Å²) in [5.41, 5.74) is -0.590. The SMILES string of the molecule is CCCCCCCCCCCCCCCNC(=S)NCCC[C@H]1C(OP(=O)(O)OC)[C@@H](COC(=O)OCc2ccccc2)O[C@H]1n1ccc(=O)[nH]c1=O. The highest BCUT2D eigenvalue weighted by atomic mass is 32.1. The van der Waals surface area contributed by atoms with Gasteiger partial charge in [-0.1, -0.05) is 114 Å². The van der Waals surface area contributed by atoms with Gasteiger partial charge in [0.05, 0.1) is 0 Å². The number of phosphoric ester groups is 1. The maximum absolute atomic E-state index is 12.8.